The molecular formula is C10H18N2O3. The third kappa shape index (κ3) is 3.20. The summed E-state index contributed by atoms with van der Waals surface area (Å²) in [7, 11) is 0. The third-order valence-corrected chi connectivity index (χ3v) is 2.57. The Labute approximate surface area is 89.4 Å². The zero-order chi connectivity index (χ0) is 11.3. The number of nitrogens with one attached hydrogen (secondary N) is 1. The Morgan fingerprint density at radius 1 is 1.67 bits per heavy atom. The van der Waals surface area contributed by atoms with Crippen molar-refractivity contribution < 1.29 is 14.7 Å². The van der Waals surface area contributed by atoms with E-state index >= 15 is 0 Å². The highest BCUT2D eigenvalue weighted by molar-refractivity contribution is 5.90. The number of nitrogens with zero attached hydrogens (tertiary/aromatic N) is 1. The third-order valence-electron chi connectivity index (χ3n) is 2.57. The summed E-state index contributed by atoms with van der Waals surface area (Å²) in [5, 5.41) is 11.3. The van der Waals surface area contributed by atoms with E-state index in [0.29, 0.717) is 32.4 Å². The molecule has 1 rings (SSSR count). The monoisotopic (exact) mass is 214 g/mol. The summed E-state index contributed by atoms with van der Waals surface area (Å²) in [6.45, 7) is 3.15. The number of hydrogen-bond acceptors (Lipinski definition) is 3. The van der Waals surface area contributed by atoms with Crippen molar-refractivity contribution in [3.05, 3.63) is 0 Å². The van der Waals surface area contributed by atoms with Crippen LogP contribution < -0.4 is 5.32 Å². The lowest BCUT2D eigenvalue weighted by molar-refractivity contribution is -0.134. The van der Waals surface area contributed by atoms with Crippen LogP contribution in [0.3, 0.4) is 0 Å². The SMILES string of the molecule is CCN(CCCO)C(=O)C1CCC(=O)N1. The van der Waals surface area contributed by atoms with E-state index in [1.165, 1.54) is 0 Å². The summed E-state index contributed by atoms with van der Waals surface area (Å²) in [6, 6.07) is -0.351. The predicted molar refractivity (Wildman–Crippen MR) is 55.1 cm³/mol. The second kappa shape index (κ2) is 5.70. The number of amides is 2. The van der Waals surface area contributed by atoms with Crippen LogP contribution in [0.15, 0.2) is 0 Å². The molecule has 0 spiro atoms. The van der Waals surface area contributed by atoms with Gasteiger partial charge in [-0.1, -0.05) is 0 Å². The topological polar surface area (TPSA) is 69.6 Å². The number of aliphatic hydroxyl groups excluding tert-OH is 1. The van der Waals surface area contributed by atoms with Crippen molar-refractivity contribution in [3.63, 3.8) is 0 Å². The number of aliphatic hydroxyl groups is 1. The highest BCUT2D eigenvalue weighted by Crippen LogP contribution is 2.10. The van der Waals surface area contributed by atoms with Crippen molar-refractivity contribution in [2.45, 2.75) is 32.2 Å². The van der Waals surface area contributed by atoms with Crippen molar-refractivity contribution in [2.75, 3.05) is 19.7 Å². The van der Waals surface area contributed by atoms with Crippen LogP contribution in [-0.4, -0.2) is 47.6 Å². The van der Waals surface area contributed by atoms with E-state index in [1.807, 2.05) is 6.92 Å². The van der Waals surface area contributed by atoms with E-state index in [9.17, 15) is 9.59 Å². The fourth-order valence-electron chi connectivity index (χ4n) is 1.71. The predicted octanol–water partition coefficient (Wildman–Crippen LogP) is -0.504. The van der Waals surface area contributed by atoms with Crippen LogP contribution in [0.5, 0.6) is 0 Å². The molecule has 0 radical (unpaired) electrons. The molecular weight excluding hydrogens is 196 g/mol. The zero-order valence-corrected chi connectivity index (χ0v) is 9.03. The smallest absolute Gasteiger partial charge is 0.245 e. The molecule has 5 nitrogen and oxygen atoms in total. The molecule has 0 aromatic heterocycles. The maximum Gasteiger partial charge on any atom is 0.245 e. The fourth-order valence-corrected chi connectivity index (χ4v) is 1.71. The highest BCUT2D eigenvalue weighted by Gasteiger charge is 2.29. The number of carbonyl (C=O) groups is 2. The molecule has 1 fully saturated rings. The van der Waals surface area contributed by atoms with Gasteiger partial charge in [-0.3, -0.25) is 9.59 Å². The highest BCUT2D eigenvalue weighted by atomic mass is 16.3. The maximum atomic E-state index is 11.9. The van der Waals surface area contributed by atoms with Crippen LogP contribution in [0.4, 0.5) is 0 Å². The first-order valence-corrected chi connectivity index (χ1v) is 5.38. The Hall–Kier alpha value is -1.10. The van der Waals surface area contributed by atoms with Gasteiger partial charge in [0.15, 0.2) is 0 Å². The molecule has 5 heteroatoms. The van der Waals surface area contributed by atoms with E-state index in [2.05, 4.69) is 5.32 Å². The van der Waals surface area contributed by atoms with Crippen LogP contribution in [0.25, 0.3) is 0 Å². The summed E-state index contributed by atoms with van der Waals surface area (Å²) < 4.78 is 0. The first-order valence-electron chi connectivity index (χ1n) is 5.38. The largest absolute Gasteiger partial charge is 0.396 e. The average molecular weight is 214 g/mol. The molecule has 0 bridgehead atoms. The summed E-state index contributed by atoms with van der Waals surface area (Å²) in [6.07, 6.45) is 1.61. The van der Waals surface area contributed by atoms with Crippen molar-refractivity contribution in [2.24, 2.45) is 0 Å². The van der Waals surface area contributed by atoms with Gasteiger partial charge in [0.2, 0.25) is 11.8 Å². The lowest BCUT2D eigenvalue weighted by Gasteiger charge is -2.23. The first kappa shape index (κ1) is 12.0. The molecule has 1 heterocycles. The van der Waals surface area contributed by atoms with Gasteiger partial charge in [-0.15, -0.1) is 0 Å². The summed E-state index contributed by atoms with van der Waals surface area (Å²) in [4.78, 5) is 24.5. The minimum absolute atomic E-state index is 0.0307. The Morgan fingerprint density at radius 3 is 2.87 bits per heavy atom. The Bertz CT molecular complexity index is 243. The van der Waals surface area contributed by atoms with Crippen LogP contribution in [0.1, 0.15) is 26.2 Å². The quantitative estimate of drug-likeness (QED) is 0.648. The number of carbonyl (C=O) groups excluding carboxylic acids is 2. The fraction of sp³-hybridized carbons (Fsp3) is 0.800. The molecule has 2 amide bonds. The minimum atomic E-state index is -0.351. The minimum Gasteiger partial charge on any atom is -0.396 e. The molecule has 2 N–H and O–H groups in total. The number of rotatable bonds is 5. The maximum absolute atomic E-state index is 11.9. The molecule has 1 aliphatic heterocycles. The Morgan fingerprint density at radius 2 is 2.40 bits per heavy atom. The van der Waals surface area contributed by atoms with Crippen molar-refractivity contribution >= 4 is 11.8 Å². The lowest BCUT2D eigenvalue weighted by Crippen LogP contribution is -2.44. The molecule has 0 aliphatic carbocycles. The van der Waals surface area contributed by atoms with Crippen molar-refractivity contribution in [1.82, 2.24) is 10.2 Å². The lowest BCUT2D eigenvalue weighted by atomic mass is 10.2. The standard InChI is InChI=1S/C10H18N2O3/c1-2-12(6-3-7-13)10(15)8-4-5-9(14)11-8/h8,13H,2-7H2,1H3,(H,11,14). The molecule has 1 saturated heterocycles. The van der Waals surface area contributed by atoms with Crippen LogP contribution in [-0.2, 0) is 9.59 Å². The molecule has 15 heavy (non-hydrogen) atoms. The summed E-state index contributed by atoms with van der Waals surface area (Å²) in [5.74, 6) is -0.0802. The molecule has 1 atom stereocenters. The second-order valence-electron chi connectivity index (χ2n) is 3.65. The molecule has 0 aromatic carbocycles. The van der Waals surface area contributed by atoms with Gasteiger partial charge in [-0.2, -0.15) is 0 Å². The van der Waals surface area contributed by atoms with Gasteiger partial charge >= 0.3 is 0 Å². The van der Waals surface area contributed by atoms with Crippen LogP contribution >= 0.6 is 0 Å². The molecule has 0 aromatic rings. The summed E-state index contributed by atoms with van der Waals surface area (Å²) in [5.41, 5.74) is 0. The van der Waals surface area contributed by atoms with Gasteiger partial charge in [0.25, 0.3) is 0 Å². The first-order chi connectivity index (χ1) is 7.19. The van der Waals surface area contributed by atoms with Gasteiger partial charge in [0.1, 0.15) is 6.04 Å². The molecule has 1 aliphatic rings. The normalized spacial score (nSPS) is 20.1. The van der Waals surface area contributed by atoms with Crippen LogP contribution in [0, 0.1) is 0 Å². The van der Waals surface area contributed by atoms with Gasteiger partial charge < -0.3 is 15.3 Å². The molecule has 0 saturated carbocycles. The zero-order valence-electron chi connectivity index (χ0n) is 9.03. The van der Waals surface area contributed by atoms with Crippen molar-refractivity contribution in [3.8, 4) is 0 Å². The van der Waals surface area contributed by atoms with E-state index < -0.39 is 0 Å². The van der Waals surface area contributed by atoms with E-state index in [0.717, 1.165) is 0 Å². The number of likely N-dealkylation sites (N-methyl/N-ethyl adjacent to an activating group) is 1. The van der Waals surface area contributed by atoms with Gasteiger partial charge in [-0.25, -0.2) is 0 Å². The van der Waals surface area contributed by atoms with E-state index in [1.54, 1.807) is 4.90 Å². The average Bonchev–Trinajstić information content (AvgIpc) is 2.65. The van der Waals surface area contributed by atoms with Gasteiger partial charge in [-0.05, 0) is 19.8 Å². The number of hydrogen-bond donors (Lipinski definition) is 2. The van der Waals surface area contributed by atoms with E-state index in [4.69, 9.17) is 5.11 Å². The summed E-state index contributed by atoms with van der Waals surface area (Å²) >= 11 is 0. The molecule has 1 unspecified atom stereocenters. The molecule has 86 valence electrons. The van der Waals surface area contributed by atoms with E-state index in [-0.39, 0.29) is 24.5 Å². The van der Waals surface area contributed by atoms with Crippen LogP contribution in [0.2, 0.25) is 0 Å². The van der Waals surface area contributed by atoms with Gasteiger partial charge in [0, 0.05) is 26.1 Å². The Balaban J connectivity index is 2.45. The second-order valence-corrected chi connectivity index (χ2v) is 3.65. The van der Waals surface area contributed by atoms with Crippen molar-refractivity contribution in [1.29, 1.82) is 0 Å². The van der Waals surface area contributed by atoms with Gasteiger partial charge in [0.05, 0.1) is 0 Å². The Kier molecular flexibility index (Phi) is 4.55.